The lowest BCUT2D eigenvalue weighted by Crippen LogP contribution is -1.98. The molecule has 1 aliphatic carbocycles. The Morgan fingerprint density at radius 2 is 2.15 bits per heavy atom. The highest BCUT2D eigenvalue weighted by Gasteiger charge is 2.13. The van der Waals surface area contributed by atoms with E-state index in [1.54, 1.807) is 0 Å². The number of hydrogen-bond acceptors (Lipinski definition) is 1. The predicted octanol–water partition coefficient (Wildman–Crippen LogP) is 2.85. The minimum atomic E-state index is 1.03. The largest absolute Gasteiger partial charge is 0.337 e. The average molecular weight is 178 g/mol. The van der Waals surface area contributed by atoms with E-state index in [0.29, 0.717) is 0 Å². The lowest BCUT2D eigenvalue weighted by Gasteiger charge is -2.08. The molecule has 2 rings (SSSR count). The quantitative estimate of drug-likeness (QED) is 0.693. The summed E-state index contributed by atoms with van der Waals surface area (Å²) >= 11 is 0. The van der Waals surface area contributed by atoms with E-state index in [4.69, 9.17) is 0 Å². The third-order valence-electron chi connectivity index (χ3n) is 3.06. The molecule has 1 saturated carbocycles. The highest BCUT2D eigenvalue weighted by atomic mass is 15.0. The SMILES string of the molecule is c1cn(CCCC2CCCC2)cn1. The van der Waals surface area contributed by atoms with Gasteiger partial charge in [-0.05, 0) is 18.8 Å². The van der Waals surface area contributed by atoms with Crippen molar-refractivity contribution in [3.8, 4) is 0 Å². The summed E-state index contributed by atoms with van der Waals surface area (Å²) in [5.74, 6) is 1.03. The lowest BCUT2D eigenvalue weighted by atomic mass is 10.0. The van der Waals surface area contributed by atoms with Crippen LogP contribution in [0.15, 0.2) is 18.7 Å². The molecule has 0 aromatic carbocycles. The predicted molar refractivity (Wildman–Crippen MR) is 53.4 cm³/mol. The van der Waals surface area contributed by atoms with E-state index in [2.05, 4.69) is 15.7 Å². The third kappa shape index (κ3) is 2.58. The zero-order valence-electron chi connectivity index (χ0n) is 8.15. The van der Waals surface area contributed by atoms with Crippen molar-refractivity contribution >= 4 is 0 Å². The second kappa shape index (κ2) is 4.45. The van der Waals surface area contributed by atoms with Gasteiger partial charge in [0.15, 0.2) is 0 Å². The van der Waals surface area contributed by atoms with Gasteiger partial charge in [-0.15, -0.1) is 0 Å². The first-order valence-corrected chi connectivity index (χ1v) is 5.41. The Kier molecular flexibility index (Phi) is 3.01. The Morgan fingerprint density at radius 1 is 1.31 bits per heavy atom. The standard InChI is InChI=1S/C11H18N2/c1-2-5-11(4-1)6-3-8-13-9-7-12-10-13/h7,9-11H,1-6,8H2. The van der Waals surface area contributed by atoms with Crippen LogP contribution in [0.4, 0.5) is 0 Å². The Bertz CT molecular complexity index is 222. The maximum Gasteiger partial charge on any atom is 0.0945 e. The van der Waals surface area contributed by atoms with Crippen molar-refractivity contribution in [1.29, 1.82) is 0 Å². The van der Waals surface area contributed by atoms with E-state index in [1.165, 1.54) is 38.5 Å². The maximum atomic E-state index is 4.04. The topological polar surface area (TPSA) is 17.8 Å². The van der Waals surface area contributed by atoms with Crippen LogP contribution in [0, 0.1) is 5.92 Å². The Morgan fingerprint density at radius 3 is 2.85 bits per heavy atom. The lowest BCUT2D eigenvalue weighted by molar-refractivity contribution is 0.458. The molecule has 72 valence electrons. The normalized spacial score (nSPS) is 18.2. The number of hydrogen-bond donors (Lipinski definition) is 0. The van der Waals surface area contributed by atoms with Crippen molar-refractivity contribution in [2.45, 2.75) is 45.1 Å². The van der Waals surface area contributed by atoms with Crippen molar-refractivity contribution < 1.29 is 0 Å². The molecule has 2 nitrogen and oxygen atoms in total. The van der Waals surface area contributed by atoms with Gasteiger partial charge in [0, 0.05) is 18.9 Å². The molecule has 0 spiro atoms. The molecule has 1 heterocycles. The summed E-state index contributed by atoms with van der Waals surface area (Å²) in [5, 5.41) is 0. The molecule has 13 heavy (non-hydrogen) atoms. The molecule has 2 heteroatoms. The van der Waals surface area contributed by atoms with Crippen LogP contribution in [-0.4, -0.2) is 9.55 Å². The molecule has 1 aromatic heterocycles. The summed E-state index contributed by atoms with van der Waals surface area (Å²) in [4.78, 5) is 4.04. The van der Waals surface area contributed by atoms with Crippen molar-refractivity contribution in [2.75, 3.05) is 0 Å². The Balaban J connectivity index is 1.63. The summed E-state index contributed by atoms with van der Waals surface area (Å²) in [6, 6.07) is 0. The van der Waals surface area contributed by atoms with Crippen molar-refractivity contribution in [1.82, 2.24) is 9.55 Å². The van der Waals surface area contributed by atoms with E-state index < -0.39 is 0 Å². The molecular weight excluding hydrogens is 160 g/mol. The van der Waals surface area contributed by atoms with Crippen LogP contribution in [0.25, 0.3) is 0 Å². The second-order valence-corrected chi connectivity index (χ2v) is 4.09. The fourth-order valence-corrected chi connectivity index (χ4v) is 2.28. The zero-order valence-corrected chi connectivity index (χ0v) is 8.15. The first-order chi connectivity index (χ1) is 6.45. The highest BCUT2D eigenvalue weighted by molar-refractivity contribution is 4.74. The fraction of sp³-hybridized carbons (Fsp3) is 0.727. The number of rotatable bonds is 4. The molecular formula is C11H18N2. The van der Waals surface area contributed by atoms with Crippen LogP contribution in [0.2, 0.25) is 0 Å². The summed E-state index contributed by atoms with van der Waals surface area (Å²) < 4.78 is 2.18. The first-order valence-electron chi connectivity index (χ1n) is 5.41. The van der Waals surface area contributed by atoms with Gasteiger partial charge in [-0.3, -0.25) is 0 Å². The molecule has 0 unspecified atom stereocenters. The van der Waals surface area contributed by atoms with Crippen molar-refractivity contribution in [3.63, 3.8) is 0 Å². The van der Waals surface area contributed by atoms with Gasteiger partial charge < -0.3 is 4.57 Å². The van der Waals surface area contributed by atoms with Gasteiger partial charge in [0.05, 0.1) is 6.33 Å². The minimum Gasteiger partial charge on any atom is -0.337 e. The second-order valence-electron chi connectivity index (χ2n) is 4.09. The fourth-order valence-electron chi connectivity index (χ4n) is 2.28. The van der Waals surface area contributed by atoms with E-state index in [0.717, 1.165) is 12.5 Å². The minimum absolute atomic E-state index is 1.03. The van der Waals surface area contributed by atoms with Gasteiger partial charge in [0.25, 0.3) is 0 Å². The molecule has 0 saturated heterocycles. The van der Waals surface area contributed by atoms with E-state index >= 15 is 0 Å². The number of nitrogens with zero attached hydrogens (tertiary/aromatic N) is 2. The average Bonchev–Trinajstić information content (AvgIpc) is 2.75. The molecule has 1 aromatic rings. The van der Waals surface area contributed by atoms with Gasteiger partial charge in [-0.2, -0.15) is 0 Å². The number of aryl methyl sites for hydroxylation is 1. The summed E-state index contributed by atoms with van der Waals surface area (Å²) in [6.45, 7) is 1.15. The molecule has 0 N–H and O–H groups in total. The molecule has 1 aliphatic rings. The third-order valence-corrected chi connectivity index (χ3v) is 3.06. The smallest absolute Gasteiger partial charge is 0.0945 e. The molecule has 0 amide bonds. The molecule has 0 aliphatic heterocycles. The van der Waals surface area contributed by atoms with Gasteiger partial charge in [-0.25, -0.2) is 4.98 Å². The van der Waals surface area contributed by atoms with Crippen molar-refractivity contribution in [2.24, 2.45) is 5.92 Å². The van der Waals surface area contributed by atoms with Crippen LogP contribution < -0.4 is 0 Å². The first kappa shape index (κ1) is 8.79. The van der Waals surface area contributed by atoms with Gasteiger partial charge in [0.2, 0.25) is 0 Å². The van der Waals surface area contributed by atoms with Crippen LogP contribution in [0.3, 0.4) is 0 Å². The van der Waals surface area contributed by atoms with Crippen LogP contribution in [0.5, 0.6) is 0 Å². The number of imidazole rings is 1. The maximum absolute atomic E-state index is 4.04. The Labute approximate surface area is 80.0 Å². The van der Waals surface area contributed by atoms with E-state index in [1.807, 2.05) is 12.5 Å². The van der Waals surface area contributed by atoms with Crippen LogP contribution >= 0.6 is 0 Å². The molecule has 0 radical (unpaired) electrons. The van der Waals surface area contributed by atoms with Gasteiger partial charge >= 0.3 is 0 Å². The van der Waals surface area contributed by atoms with Gasteiger partial charge in [-0.1, -0.05) is 25.7 Å². The van der Waals surface area contributed by atoms with Crippen LogP contribution in [-0.2, 0) is 6.54 Å². The Hall–Kier alpha value is -0.790. The van der Waals surface area contributed by atoms with E-state index in [9.17, 15) is 0 Å². The van der Waals surface area contributed by atoms with Crippen molar-refractivity contribution in [3.05, 3.63) is 18.7 Å². The van der Waals surface area contributed by atoms with E-state index in [-0.39, 0.29) is 0 Å². The molecule has 1 fully saturated rings. The van der Waals surface area contributed by atoms with Crippen LogP contribution in [0.1, 0.15) is 38.5 Å². The monoisotopic (exact) mass is 178 g/mol. The zero-order chi connectivity index (χ0) is 8.93. The number of aromatic nitrogens is 2. The highest BCUT2D eigenvalue weighted by Crippen LogP contribution is 2.28. The van der Waals surface area contributed by atoms with Gasteiger partial charge in [0.1, 0.15) is 0 Å². The summed E-state index contributed by atoms with van der Waals surface area (Å²) in [7, 11) is 0. The summed E-state index contributed by atoms with van der Waals surface area (Å²) in [5.41, 5.74) is 0. The summed E-state index contributed by atoms with van der Waals surface area (Å²) in [6.07, 6.45) is 14.4. The molecule has 0 atom stereocenters. The molecule has 0 bridgehead atoms.